The number of hydrogen-bond donors (Lipinski definition) is 1. The minimum atomic E-state index is 0.321. The molecule has 0 amide bonds. The third kappa shape index (κ3) is 4.36. The van der Waals surface area contributed by atoms with Gasteiger partial charge in [-0.2, -0.15) is 11.8 Å². The number of nitrogens with one attached hydrogen (secondary N) is 1. The van der Waals surface area contributed by atoms with Crippen LogP contribution in [0, 0.1) is 5.92 Å². The van der Waals surface area contributed by atoms with Crippen molar-refractivity contribution in [2.75, 3.05) is 23.9 Å². The van der Waals surface area contributed by atoms with Crippen molar-refractivity contribution in [1.82, 2.24) is 9.97 Å². The Hall–Kier alpha value is -0.480. The summed E-state index contributed by atoms with van der Waals surface area (Å²) in [6, 6.07) is 0. The lowest BCUT2D eigenvalue weighted by atomic mass is 10.1. The Labute approximate surface area is 113 Å². The molecule has 1 N–H and O–H groups in total. The Balaban J connectivity index is 2.73. The van der Waals surface area contributed by atoms with Crippen molar-refractivity contribution < 1.29 is 0 Å². The van der Waals surface area contributed by atoms with Gasteiger partial charge < -0.3 is 5.32 Å². The lowest BCUT2D eigenvalue weighted by Gasteiger charge is -2.16. The van der Waals surface area contributed by atoms with Crippen molar-refractivity contribution in [2.45, 2.75) is 26.7 Å². The van der Waals surface area contributed by atoms with Gasteiger partial charge in [0.25, 0.3) is 0 Å². The molecule has 0 aromatic carbocycles. The number of anilines is 1. The molecule has 0 aliphatic rings. The van der Waals surface area contributed by atoms with Crippen LogP contribution in [-0.4, -0.2) is 28.5 Å². The summed E-state index contributed by atoms with van der Waals surface area (Å²) < 4.78 is 0. The Morgan fingerprint density at radius 2 is 2.06 bits per heavy atom. The molecule has 1 rings (SSSR count). The standard InChI is InChI=1S/C12H20ClN3S/c1-8(2)10-11(13)15-7-16-12(10)14-5-9(3)6-17-4/h7-9H,5-6H2,1-4H3,(H,14,15,16). The van der Waals surface area contributed by atoms with E-state index in [0.29, 0.717) is 17.0 Å². The molecule has 1 atom stereocenters. The number of halogens is 1. The van der Waals surface area contributed by atoms with Gasteiger partial charge in [0.1, 0.15) is 17.3 Å². The Morgan fingerprint density at radius 3 is 2.65 bits per heavy atom. The molecule has 0 saturated carbocycles. The highest BCUT2D eigenvalue weighted by molar-refractivity contribution is 7.98. The van der Waals surface area contributed by atoms with Crippen molar-refractivity contribution >= 4 is 29.2 Å². The summed E-state index contributed by atoms with van der Waals surface area (Å²) in [6.45, 7) is 7.33. The second kappa shape index (κ2) is 7.07. The van der Waals surface area contributed by atoms with Gasteiger partial charge >= 0.3 is 0 Å². The van der Waals surface area contributed by atoms with Crippen LogP contribution < -0.4 is 5.32 Å². The van der Waals surface area contributed by atoms with Gasteiger partial charge in [-0.3, -0.25) is 0 Å². The van der Waals surface area contributed by atoms with Crippen LogP contribution >= 0.6 is 23.4 Å². The summed E-state index contributed by atoms with van der Waals surface area (Å²) in [5.41, 5.74) is 1.01. The molecule has 0 saturated heterocycles. The van der Waals surface area contributed by atoms with E-state index in [-0.39, 0.29) is 0 Å². The predicted octanol–water partition coefficient (Wildman–Crippen LogP) is 3.66. The first-order valence-electron chi connectivity index (χ1n) is 5.79. The zero-order valence-electron chi connectivity index (χ0n) is 10.8. The fourth-order valence-electron chi connectivity index (χ4n) is 1.64. The maximum absolute atomic E-state index is 6.11. The first-order valence-corrected chi connectivity index (χ1v) is 7.56. The topological polar surface area (TPSA) is 37.8 Å². The molecular formula is C12H20ClN3S. The third-order valence-corrected chi connectivity index (χ3v) is 3.69. The normalized spacial score (nSPS) is 12.8. The summed E-state index contributed by atoms with van der Waals surface area (Å²) in [6.07, 6.45) is 3.63. The van der Waals surface area contributed by atoms with Crippen molar-refractivity contribution in [3.05, 3.63) is 17.0 Å². The summed E-state index contributed by atoms with van der Waals surface area (Å²) in [5, 5.41) is 3.92. The maximum Gasteiger partial charge on any atom is 0.138 e. The summed E-state index contributed by atoms with van der Waals surface area (Å²) in [4.78, 5) is 8.31. The molecule has 96 valence electrons. The molecule has 0 fully saturated rings. The van der Waals surface area contributed by atoms with E-state index in [9.17, 15) is 0 Å². The highest BCUT2D eigenvalue weighted by Crippen LogP contribution is 2.27. The predicted molar refractivity (Wildman–Crippen MR) is 77.2 cm³/mol. The molecule has 1 heterocycles. The average molecular weight is 274 g/mol. The van der Waals surface area contributed by atoms with E-state index in [1.807, 2.05) is 11.8 Å². The molecule has 0 radical (unpaired) electrons. The molecule has 0 aliphatic carbocycles. The fourth-order valence-corrected chi connectivity index (χ4v) is 2.68. The smallest absolute Gasteiger partial charge is 0.138 e. The van der Waals surface area contributed by atoms with Crippen molar-refractivity contribution in [3.63, 3.8) is 0 Å². The summed E-state index contributed by atoms with van der Waals surface area (Å²) >= 11 is 7.97. The van der Waals surface area contributed by atoms with Gasteiger partial charge in [-0.05, 0) is 23.8 Å². The van der Waals surface area contributed by atoms with E-state index in [0.717, 1.165) is 23.7 Å². The zero-order chi connectivity index (χ0) is 12.8. The molecule has 0 aliphatic heterocycles. The third-order valence-electron chi connectivity index (χ3n) is 2.48. The molecule has 3 nitrogen and oxygen atoms in total. The zero-order valence-corrected chi connectivity index (χ0v) is 12.4. The minimum absolute atomic E-state index is 0.321. The quantitative estimate of drug-likeness (QED) is 0.803. The monoisotopic (exact) mass is 273 g/mol. The highest BCUT2D eigenvalue weighted by Gasteiger charge is 2.13. The van der Waals surface area contributed by atoms with Gasteiger partial charge in [-0.15, -0.1) is 0 Å². The van der Waals surface area contributed by atoms with Crippen LogP contribution in [0.1, 0.15) is 32.3 Å². The molecule has 0 spiro atoms. The van der Waals surface area contributed by atoms with Crippen LogP contribution in [0.2, 0.25) is 5.15 Å². The van der Waals surface area contributed by atoms with E-state index in [2.05, 4.69) is 42.3 Å². The van der Waals surface area contributed by atoms with Gasteiger partial charge in [0.2, 0.25) is 0 Å². The fraction of sp³-hybridized carbons (Fsp3) is 0.667. The lowest BCUT2D eigenvalue weighted by molar-refractivity contribution is 0.696. The van der Waals surface area contributed by atoms with Gasteiger partial charge in [-0.25, -0.2) is 9.97 Å². The van der Waals surface area contributed by atoms with E-state index in [4.69, 9.17) is 11.6 Å². The second-order valence-electron chi connectivity index (χ2n) is 4.52. The number of hydrogen-bond acceptors (Lipinski definition) is 4. The van der Waals surface area contributed by atoms with Gasteiger partial charge in [-0.1, -0.05) is 32.4 Å². The Bertz CT molecular complexity index is 358. The number of aromatic nitrogens is 2. The SMILES string of the molecule is CSCC(C)CNc1ncnc(Cl)c1C(C)C. The molecule has 0 bridgehead atoms. The second-order valence-corrected chi connectivity index (χ2v) is 5.79. The van der Waals surface area contributed by atoms with Crippen LogP contribution in [0.15, 0.2) is 6.33 Å². The van der Waals surface area contributed by atoms with Crippen molar-refractivity contribution in [1.29, 1.82) is 0 Å². The Morgan fingerprint density at radius 1 is 1.35 bits per heavy atom. The molecule has 1 unspecified atom stereocenters. The first kappa shape index (κ1) is 14.6. The van der Waals surface area contributed by atoms with Crippen LogP contribution in [0.5, 0.6) is 0 Å². The van der Waals surface area contributed by atoms with E-state index < -0.39 is 0 Å². The Kier molecular flexibility index (Phi) is 6.06. The molecular weight excluding hydrogens is 254 g/mol. The van der Waals surface area contributed by atoms with Crippen molar-refractivity contribution in [2.24, 2.45) is 5.92 Å². The van der Waals surface area contributed by atoms with Crippen LogP contribution in [-0.2, 0) is 0 Å². The molecule has 5 heteroatoms. The van der Waals surface area contributed by atoms with Crippen LogP contribution in [0.4, 0.5) is 5.82 Å². The molecule has 1 aromatic rings. The minimum Gasteiger partial charge on any atom is -0.369 e. The lowest BCUT2D eigenvalue weighted by Crippen LogP contribution is -2.16. The average Bonchev–Trinajstić information content (AvgIpc) is 2.26. The summed E-state index contributed by atoms with van der Waals surface area (Å²) in [7, 11) is 0. The van der Waals surface area contributed by atoms with Gasteiger partial charge in [0, 0.05) is 12.1 Å². The molecule has 1 aromatic heterocycles. The van der Waals surface area contributed by atoms with E-state index in [1.54, 1.807) is 0 Å². The number of nitrogens with zero attached hydrogens (tertiary/aromatic N) is 2. The van der Waals surface area contributed by atoms with E-state index >= 15 is 0 Å². The van der Waals surface area contributed by atoms with Crippen LogP contribution in [0.3, 0.4) is 0 Å². The van der Waals surface area contributed by atoms with Gasteiger partial charge in [0.05, 0.1) is 0 Å². The summed E-state index contributed by atoms with van der Waals surface area (Å²) in [5.74, 6) is 2.94. The van der Waals surface area contributed by atoms with Gasteiger partial charge in [0.15, 0.2) is 0 Å². The first-order chi connectivity index (χ1) is 8.06. The highest BCUT2D eigenvalue weighted by atomic mass is 35.5. The molecule has 17 heavy (non-hydrogen) atoms. The number of thioether (sulfide) groups is 1. The number of rotatable bonds is 6. The van der Waals surface area contributed by atoms with E-state index in [1.165, 1.54) is 6.33 Å². The van der Waals surface area contributed by atoms with Crippen molar-refractivity contribution in [3.8, 4) is 0 Å². The maximum atomic E-state index is 6.11. The largest absolute Gasteiger partial charge is 0.369 e. The van der Waals surface area contributed by atoms with Crippen LogP contribution in [0.25, 0.3) is 0 Å².